The summed E-state index contributed by atoms with van der Waals surface area (Å²) in [5.74, 6) is 0.325. The molecule has 0 saturated heterocycles. The van der Waals surface area contributed by atoms with E-state index in [4.69, 9.17) is 4.74 Å². The van der Waals surface area contributed by atoms with E-state index < -0.39 is 12.0 Å². The first-order chi connectivity index (χ1) is 13.0. The third kappa shape index (κ3) is 7.13. The molecule has 6 nitrogen and oxygen atoms in total. The number of aliphatic hydroxyl groups is 1. The molecule has 0 heterocycles. The van der Waals surface area contributed by atoms with Gasteiger partial charge in [0, 0.05) is 25.2 Å². The predicted octanol–water partition coefficient (Wildman–Crippen LogP) is 2.40. The van der Waals surface area contributed by atoms with Gasteiger partial charge in [0.05, 0.1) is 12.0 Å². The summed E-state index contributed by atoms with van der Waals surface area (Å²) < 4.78 is 7.84. The highest BCUT2D eigenvalue weighted by Gasteiger charge is 2.16. The maximum Gasteiger partial charge on any atom is 0.259 e. The molecule has 0 bridgehead atoms. The number of rotatable bonds is 10. The summed E-state index contributed by atoms with van der Waals surface area (Å²) in [6, 6.07) is 15.1. The van der Waals surface area contributed by atoms with Crippen molar-refractivity contribution >= 4 is 23.5 Å². The fourth-order valence-corrected chi connectivity index (χ4v) is 3.11. The molecule has 0 saturated carbocycles. The van der Waals surface area contributed by atoms with Crippen LogP contribution in [0.25, 0.3) is 0 Å². The summed E-state index contributed by atoms with van der Waals surface area (Å²) in [7, 11) is 5.64. The number of amides is 1. The van der Waals surface area contributed by atoms with Crippen LogP contribution in [-0.2, 0) is 11.2 Å². The smallest absolute Gasteiger partial charge is 0.259 e. The van der Waals surface area contributed by atoms with Gasteiger partial charge in [0.15, 0.2) is 0 Å². The Morgan fingerprint density at radius 3 is 2.56 bits per heavy atom. The van der Waals surface area contributed by atoms with Crippen molar-refractivity contribution in [2.24, 2.45) is 0 Å². The highest BCUT2D eigenvalue weighted by atomic mass is 32.2. The molecule has 1 unspecified atom stereocenters. The molecule has 0 aromatic heterocycles. The van der Waals surface area contributed by atoms with Crippen LogP contribution in [0.4, 0.5) is 5.69 Å². The highest BCUT2D eigenvalue weighted by molar-refractivity contribution is 7.98. The van der Waals surface area contributed by atoms with Crippen LogP contribution in [0.2, 0.25) is 0 Å². The molecule has 0 radical (unpaired) electrons. The van der Waals surface area contributed by atoms with Gasteiger partial charge in [-0.05, 0) is 55.9 Å². The molecule has 3 N–H and O–H groups in total. The largest absolute Gasteiger partial charge is 0.497 e. The van der Waals surface area contributed by atoms with Crippen molar-refractivity contribution in [1.82, 2.24) is 9.62 Å². The van der Waals surface area contributed by atoms with Crippen LogP contribution in [-0.4, -0.2) is 56.3 Å². The van der Waals surface area contributed by atoms with Crippen molar-refractivity contribution in [2.75, 3.05) is 39.6 Å². The molecule has 2 aromatic rings. The van der Waals surface area contributed by atoms with Crippen LogP contribution in [0.3, 0.4) is 0 Å². The molecule has 0 fully saturated rings. The Balaban J connectivity index is 1.86. The average molecular weight is 390 g/mol. The van der Waals surface area contributed by atoms with E-state index in [0.717, 1.165) is 35.0 Å². The van der Waals surface area contributed by atoms with Crippen LogP contribution in [0.5, 0.6) is 5.75 Å². The van der Waals surface area contributed by atoms with Gasteiger partial charge in [-0.25, -0.2) is 0 Å². The Kier molecular flexibility index (Phi) is 8.44. The van der Waals surface area contributed by atoms with E-state index in [-0.39, 0.29) is 6.42 Å². The number of likely N-dealkylation sites (N-methyl/N-ethyl adjacent to an activating group) is 1. The van der Waals surface area contributed by atoms with Crippen molar-refractivity contribution < 1.29 is 14.6 Å². The second-order valence-corrected chi connectivity index (χ2v) is 7.21. The highest BCUT2D eigenvalue weighted by Crippen LogP contribution is 2.24. The Labute approximate surface area is 165 Å². The number of nitrogens with zero attached hydrogens (tertiary/aromatic N) is 1. The van der Waals surface area contributed by atoms with Crippen LogP contribution >= 0.6 is 11.9 Å². The SMILES string of the molecule is COc1ccc(CC(O)C(=O)NSc2ccccc2NCCN(C)C)cc1. The molecule has 27 heavy (non-hydrogen) atoms. The zero-order valence-corrected chi connectivity index (χ0v) is 16.8. The maximum absolute atomic E-state index is 12.2. The second kappa shape index (κ2) is 10.8. The standard InChI is InChI=1S/C20H27N3O3S/c1-23(2)13-12-21-17-6-4-5-7-19(17)27-22-20(25)18(24)14-15-8-10-16(26-3)11-9-15/h4-11,18,21,24H,12-14H2,1-3H3,(H,22,25). The van der Waals surface area contributed by atoms with Gasteiger partial charge < -0.3 is 20.1 Å². The number of anilines is 1. The summed E-state index contributed by atoms with van der Waals surface area (Å²) in [6.45, 7) is 1.71. The van der Waals surface area contributed by atoms with E-state index in [9.17, 15) is 9.90 Å². The van der Waals surface area contributed by atoms with Crippen LogP contribution < -0.4 is 14.8 Å². The van der Waals surface area contributed by atoms with E-state index in [1.165, 1.54) is 11.9 Å². The monoisotopic (exact) mass is 389 g/mol. The first kappa shape index (κ1) is 21.1. The summed E-state index contributed by atoms with van der Waals surface area (Å²) >= 11 is 1.20. The lowest BCUT2D eigenvalue weighted by molar-refractivity contribution is -0.127. The van der Waals surface area contributed by atoms with Crippen molar-refractivity contribution in [3.63, 3.8) is 0 Å². The second-order valence-electron chi connectivity index (χ2n) is 6.36. The molecule has 0 aliphatic carbocycles. The van der Waals surface area contributed by atoms with Crippen molar-refractivity contribution in [3.8, 4) is 5.75 Å². The van der Waals surface area contributed by atoms with Crippen molar-refractivity contribution in [2.45, 2.75) is 17.4 Å². The number of carbonyl (C=O) groups excluding carboxylic acids is 1. The quantitative estimate of drug-likeness (QED) is 0.542. The molecule has 0 aliphatic heterocycles. The Morgan fingerprint density at radius 2 is 1.89 bits per heavy atom. The number of nitrogens with one attached hydrogen (secondary N) is 2. The summed E-state index contributed by atoms with van der Waals surface area (Å²) in [5, 5.41) is 13.5. The summed E-state index contributed by atoms with van der Waals surface area (Å²) in [4.78, 5) is 15.2. The third-order valence-corrected chi connectivity index (χ3v) is 4.79. The molecule has 2 rings (SSSR count). The van der Waals surface area contributed by atoms with Crippen molar-refractivity contribution in [1.29, 1.82) is 0 Å². The Bertz CT molecular complexity index is 723. The normalized spacial score (nSPS) is 11.9. The Morgan fingerprint density at radius 1 is 1.19 bits per heavy atom. The van der Waals surface area contributed by atoms with Gasteiger partial charge in [0.2, 0.25) is 0 Å². The molecule has 1 atom stereocenters. The molecule has 2 aromatic carbocycles. The number of hydrogen-bond acceptors (Lipinski definition) is 6. The molecular weight excluding hydrogens is 362 g/mol. The molecule has 0 aliphatic rings. The molecule has 146 valence electrons. The zero-order valence-electron chi connectivity index (χ0n) is 15.9. The minimum Gasteiger partial charge on any atom is -0.497 e. The lowest BCUT2D eigenvalue weighted by Gasteiger charge is -2.15. The van der Waals surface area contributed by atoms with Crippen LogP contribution in [0, 0.1) is 0 Å². The van der Waals surface area contributed by atoms with Gasteiger partial charge in [-0.1, -0.05) is 24.3 Å². The molecular formula is C20H27N3O3S. The van der Waals surface area contributed by atoms with Gasteiger partial charge in [-0.2, -0.15) is 0 Å². The minimum absolute atomic E-state index is 0.249. The number of benzene rings is 2. The number of carbonyl (C=O) groups is 1. The summed E-state index contributed by atoms with van der Waals surface area (Å²) in [6.07, 6.45) is -0.862. The number of aliphatic hydroxyl groups excluding tert-OH is 1. The van der Waals surface area contributed by atoms with E-state index >= 15 is 0 Å². The molecule has 0 spiro atoms. The van der Waals surface area contributed by atoms with Gasteiger partial charge in [-0.3, -0.25) is 9.52 Å². The van der Waals surface area contributed by atoms with E-state index in [1.807, 2.05) is 62.6 Å². The fourth-order valence-electron chi connectivity index (χ4n) is 2.37. The maximum atomic E-state index is 12.2. The first-order valence-electron chi connectivity index (χ1n) is 8.75. The third-order valence-electron chi connectivity index (χ3n) is 3.91. The molecule has 7 heteroatoms. The van der Waals surface area contributed by atoms with Crippen LogP contribution in [0.1, 0.15) is 5.56 Å². The minimum atomic E-state index is -1.11. The lowest BCUT2D eigenvalue weighted by atomic mass is 10.1. The zero-order chi connectivity index (χ0) is 19.6. The summed E-state index contributed by atoms with van der Waals surface area (Å²) in [5.41, 5.74) is 1.82. The van der Waals surface area contributed by atoms with Gasteiger partial charge in [0.1, 0.15) is 11.9 Å². The number of para-hydroxylation sites is 1. The number of methoxy groups -OCH3 is 1. The first-order valence-corrected chi connectivity index (χ1v) is 9.56. The van der Waals surface area contributed by atoms with E-state index in [1.54, 1.807) is 7.11 Å². The average Bonchev–Trinajstić information content (AvgIpc) is 2.67. The predicted molar refractivity (Wildman–Crippen MR) is 110 cm³/mol. The van der Waals surface area contributed by atoms with Gasteiger partial charge in [0.25, 0.3) is 5.91 Å². The van der Waals surface area contributed by atoms with Gasteiger partial charge >= 0.3 is 0 Å². The number of ether oxygens (including phenoxy) is 1. The van der Waals surface area contributed by atoms with Crippen molar-refractivity contribution in [3.05, 3.63) is 54.1 Å². The van der Waals surface area contributed by atoms with Crippen LogP contribution in [0.15, 0.2) is 53.4 Å². The fraction of sp³-hybridized carbons (Fsp3) is 0.350. The van der Waals surface area contributed by atoms with E-state index in [0.29, 0.717) is 0 Å². The number of hydrogen-bond donors (Lipinski definition) is 3. The molecule has 1 amide bonds. The van der Waals surface area contributed by atoms with Gasteiger partial charge in [-0.15, -0.1) is 0 Å². The topological polar surface area (TPSA) is 73.8 Å². The van der Waals surface area contributed by atoms with E-state index in [2.05, 4.69) is 14.9 Å². The Hall–Kier alpha value is -2.22. The lowest BCUT2D eigenvalue weighted by Crippen LogP contribution is -2.32.